The first kappa shape index (κ1) is 14.7. The van der Waals surface area contributed by atoms with Gasteiger partial charge in [-0.05, 0) is 56.0 Å². The molecule has 0 aliphatic carbocycles. The van der Waals surface area contributed by atoms with Crippen LogP contribution in [-0.2, 0) is 0 Å². The zero-order chi connectivity index (χ0) is 14.3. The molecule has 0 aliphatic rings. The van der Waals surface area contributed by atoms with Crippen LogP contribution < -0.4 is 5.73 Å². The third-order valence-electron chi connectivity index (χ3n) is 3.21. The van der Waals surface area contributed by atoms with Gasteiger partial charge in [-0.1, -0.05) is 50.1 Å². The van der Waals surface area contributed by atoms with Gasteiger partial charge >= 0.3 is 0 Å². The molecular weight excluding hydrogens is 466 g/mol. The molecule has 1 atom stereocenters. The van der Waals surface area contributed by atoms with E-state index in [1.54, 1.807) is 11.3 Å². The summed E-state index contributed by atoms with van der Waals surface area (Å²) in [7, 11) is 0. The van der Waals surface area contributed by atoms with E-state index in [1.165, 1.54) is 10.1 Å². The SMILES string of the molecule is NC(c1ccc(Br)cc1Br)c1csc2c(Br)cccc12. The highest BCUT2D eigenvalue weighted by Gasteiger charge is 2.17. The quantitative estimate of drug-likeness (QED) is 0.466. The minimum Gasteiger partial charge on any atom is -0.320 e. The number of thiophene rings is 1. The molecule has 0 fully saturated rings. The lowest BCUT2D eigenvalue weighted by molar-refractivity contribution is 0.878. The smallest absolute Gasteiger partial charge is 0.0577 e. The summed E-state index contributed by atoms with van der Waals surface area (Å²) in [5.41, 5.74) is 8.73. The summed E-state index contributed by atoms with van der Waals surface area (Å²) in [4.78, 5) is 0. The van der Waals surface area contributed by atoms with E-state index in [9.17, 15) is 0 Å². The van der Waals surface area contributed by atoms with Gasteiger partial charge < -0.3 is 5.73 Å². The lowest BCUT2D eigenvalue weighted by Crippen LogP contribution is -2.11. The van der Waals surface area contributed by atoms with Gasteiger partial charge in [0, 0.05) is 18.1 Å². The molecule has 0 bridgehead atoms. The molecule has 3 rings (SSSR count). The number of fused-ring (bicyclic) bond motifs is 1. The van der Waals surface area contributed by atoms with Crippen LogP contribution in [0.1, 0.15) is 17.2 Å². The molecule has 0 amide bonds. The molecule has 0 spiro atoms. The maximum atomic E-state index is 6.47. The fourth-order valence-electron chi connectivity index (χ4n) is 2.20. The van der Waals surface area contributed by atoms with Crippen LogP contribution in [0, 0.1) is 0 Å². The van der Waals surface area contributed by atoms with E-state index in [0.717, 1.165) is 24.5 Å². The third kappa shape index (κ3) is 2.62. The van der Waals surface area contributed by atoms with Crippen molar-refractivity contribution in [1.29, 1.82) is 0 Å². The summed E-state index contributed by atoms with van der Waals surface area (Å²) in [6, 6.07) is 12.2. The van der Waals surface area contributed by atoms with E-state index in [1.807, 2.05) is 18.2 Å². The van der Waals surface area contributed by atoms with Crippen molar-refractivity contribution in [3.63, 3.8) is 0 Å². The molecule has 5 heteroatoms. The Labute approximate surface area is 146 Å². The van der Waals surface area contributed by atoms with Crippen molar-refractivity contribution in [2.75, 3.05) is 0 Å². The highest BCUT2D eigenvalue weighted by Crippen LogP contribution is 2.38. The lowest BCUT2D eigenvalue weighted by atomic mass is 9.99. The molecular formula is C15H10Br3NS. The largest absolute Gasteiger partial charge is 0.320 e. The van der Waals surface area contributed by atoms with Gasteiger partial charge in [-0.15, -0.1) is 11.3 Å². The second-order valence-corrected chi connectivity index (χ2v) is 7.96. The Balaban J connectivity index is 2.13. The van der Waals surface area contributed by atoms with Gasteiger partial charge in [0.2, 0.25) is 0 Å². The van der Waals surface area contributed by atoms with Gasteiger partial charge in [-0.25, -0.2) is 0 Å². The maximum Gasteiger partial charge on any atom is 0.0577 e. The molecule has 20 heavy (non-hydrogen) atoms. The van der Waals surface area contributed by atoms with Crippen LogP contribution >= 0.6 is 59.1 Å². The minimum absolute atomic E-state index is 0.138. The van der Waals surface area contributed by atoms with Crippen LogP contribution in [0.4, 0.5) is 0 Å². The van der Waals surface area contributed by atoms with Crippen molar-refractivity contribution < 1.29 is 0 Å². The van der Waals surface area contributed by atoms with Crippen molar-refractivity contribution in [1.82, 2.24) is 0 Å². The second-order valence-electron chi connectivity index (χ2n) is 4.45. The molecule has 0 aliphatic heterocycles. The lowest BCUT2D eigenvalue weighted by Gasteiger charge is -2.14. The van der Waals surface area contributed by atoms with Crippen LogP contribution in [0.15, 0.2) is 55.2 Å². The Morgan fingerprint density at radius 3 is 2.50 bits per heavy atom. The van der Waals surface area contributed by atoms with Crippen molar-refractivity contribution in [3.8, 4) is 0 Å². The third-order valence-corrected chi connectivity index (χ3v) is 6.36. The number of hydrogen-bond acceptors (Lipinski definition) is 2. The van der Waals surface area contributed by atoms with Crippen LogP contribution in [0.25, 0.3) is 10.1 Å². The van der Waals surface area contributed by atoms with Crippen LogP contribution in [-0.4, -0.2) is 0 Å². The first-order chi connectivity index (χ1) is 9.58. The summed E-state index contributed by atoms with van der Waals surface area (Å²) >= 11 is 12.4. The number of rotatable bonds is 2. The van der Waals surface area contributed by atoms with Gasteiger partial charge in [0.15, 0.2) is 0 Å². The highest BCUT2D eigenvalue weighted by molar-refractivity contribution is 9.11. The Bertz CT molecular complexity index is 782. The van der Waals surface area contributed by atoms with Crippen molar-refractivity contribution in [2.24, 2.45) is 5.73 Å². The average Bonchev–Trinajstić information content (AvgIpc) is 2.83. The van der Waals surface area contributed by atoms with E-state index in [0.29, 0.717) is 0 Å². The molecule has 3 aromatic rings. The molecule has 1 unspecified atom stereocenters. The van der Waals surface area contributed by atoms with Gasteiger partial charge in [0.25, 0.3) is 0 Å². The molecule has 1 nitrogen and oxygen atoms in total. The molecule has 102 valence electrons. The summed E-state index contributed by atoms with van der Waals surface area (Å²) in [6.07, 6.45) is 0. The van der Waals surface area contributed by atoms with Crippen LogP contribution in [0.2, 0.25) is 0 Å². The summed E-state index contributed by atoms with van der Waals surface area (Å²) in [5.74, 6) is 0. The molecule has 1 aromatic heterocycles. The predicted molar refractivity (Wildman–Crippen MR) is 97.4 cm³/mol. The molecule has 0 saturated heterocycles. The van der Waals surface area contributed by atoms with Crippen molar-refractivity contribution >= 4 is 69.2 Å². The standard InChI is InChI=1S/C15H10Br3NS/c16-8-4-5-10(13(18)6-8)14(19)11-7-20-15-9(11)2-1-3-12(15)17/h1-7,14H,19H2. The van der Waals surface area contributed by atoms with Gasteiger partial charge in [0.05, 0.1) is 6.04 Å². The highest BCUT2D eigenvalue weighted by atomic mass is 79.9. The zero-order valence-electron chi connectivity index (χ0n) is 10.2. The van der Waals surface area contributed by atoms with E-state index in [-0.39, 0.29) is 6.04 Å². The fourth-order valence-corrected chi connectivity index (χ4v) is 5.16. The van der Waals surface area contributed by atoms with Crippen molar-refractivity contribution in [3.05, 3.63) is 66.3 Å². The van der Waals surface area contributed by atoms with Crippen LogP contribution in [0.5, 0.6) is 0 Å². The van der Waals surface area contributed by atoms with Gasteiger partial charge in [-0.3, -0.25) is 0 Å². The number of nitrogens with two attached hydrogens (primary N) is 1. The number of benzene rings is 2. The van der Waals surface area contributed by atoms with E-state index >= 15 is 0 Å². The zero-order valence-corrected chi connectivity index (χ0v) is 15.8. The molecule has 1 heterocycles. The Morgan fingerprint density at radius 2 is 1.75 bits per heavy atom. The average molecular weight is 476 g/mol. The fraction of sp³-hybridized carbons (Fsp3) is 0.0667. The summed E-state index contributed by atoms with van der Waals surface area (Å²) in [6.45, 7) is 0. The normalized spacial score (nSPS) is 12.8. The molecule has 2 aromatic carbocycles. The van der Waals surface area contributed by atoms with Gasteiger partial charge in [-0.2, -0.15) is 0 Å². The Hall–Kier alpha value is -0.200. The van der Waals surface area contributed by atoms with Gasteiger partial charge in [0.1, 0.15) is 0 Å². The number of halogens is 3. The number of hydrogen-bond donors (Lipinski definition) is 1. The van der Waals surface area contributed by atoms with Crippen LogP contribution in [0.3, 0.4) is 0 Å². The van der Waals surface area contributed by atoms with E-state index in [4.69, 9.17) is 5.73 Å². The Morgan fingerprint density at radius 1 is 0.950 bits per heavy atom. The van der Waals surface area contributed by atoms with E-state index in [2.05, 4.69) is 71.4 Å². The van der Waals surface area contributed by atoms with E-state index < -0.39 is 0 Å². The monoisotopic (exact) mass is 473 g/mol. The Kier molecular flexibility index (Phi) is 4.34. The molecule has 0 saturated carbocycles. The molecule has 2 N–H and O–H groups in total. The maximum absolute atomic E-state index is 6.47. The molecule has 0 radical (unpaired) electrons. The second kappa shape index (κ2) is 5.89. The predicted octanol–water partition coefficient (Wildman–Crippen LogP) is 6.24. The minimum atomic E-state index is -0.138. The first-order valence-corrected chi connectivity index (χ1v) is 9.20. The summed E-state index contributed by atoms with van der Waals surface area (Å²) in [5, 5.41) is 3.36. The first-order valence-electron chi connectivity index (χ1n) is 5.94. The van der Waals surface area contributed by atoms with Crippen molar-refractivity contribution in [2.45, 2.75) is 6.04 Å². The topological polar surface area (TPSA) is 26.0 Å². The summed E-state index contributed by atoms with van der Waals surface area (Å²) < 4.78 is 4.42.